The van der Waals surface area contributed by atoms with Gasteiger partial charge in [-0.1, -0.05) is 12.1 Å². The number of benzene rings is 1. The molecular weight excluding hydrogens is 256 g/mol. The first-order chi connectivity index (χ1) is 9.34. The van der Waals surface area contributed by atoms with Crippen LogP contribution in [0, 0.1) is 13.8 Å². The number of carboxylic acid groups (broad SMARTS) is 1. The van der Waals surface area contributed by atoms with Crippen molar-refractivity contribution in [2.75, 3.05) is 11.9 Å². The molecule has 1 heterocycles. The van der Waals surface area contributed by atoms with Crippen LogP contribution in [0.5, 0.6) is 0 Å². The molecule has 1 aliphatic heterocycles. The number of urea groups is 1. The van der Waals surface area contributed by atoms with Crippen LogP contribution in [0.3, 0.4) is 0 Å². The van der Waals surface area contributed by atoms with Crippen LogP contribution in [0.1, 0.15) is 30.9 Å². The van der Waals surface area contributed by atoms with Gasteiger partial charge < -0.3 is 15.3 Å². The van der Waals surface area contributed by atoms with E-state index >= 15 is 0 Å². The molecule has 0 bridgehead atoms. The van der Waals surface area contributed by atoms with Crippen LogP contribution in [0.2, 0.25) is 0 Å². The molecule has 5 nitrogen and oxygen atoms in total. The maximum atomic E-state index is 12.3. The Bertz CT molecular complexity index is 556. The van der Waals surface area contributed by atoms with E-state index in [1.807, 2.05) is 32.0 Å². The summed E-state index contributed by atoms with van der Waals surface area (Å²) in [5.41, 5.74) is 1.63. The minimum Gasteiger partial charge on any atom is -0.480 e. The van der Waals surface area contributed by atoms with Gasteiger partial charge in [0.2, 0.25) is 0 Å². The van der Waals surface area contributed by atoms with Gasteiger partial charge in [-0.15, -0.1) is 0 Å². The number of rotatable bonds is 2. The van der Waals surface area contributed by atoms with E-state index in [4.69, 9.17) is 0 Å². The number of nitrogens with zero attached hydrogens (tertiary/aromatic N) is 1. The third kappa shape index (κ3) is 2.48. The molecule has 2 N–H and O–H groups in total. The SMILES string of the molecule is Cc1ccc(C)c(NC(=O)N2CCCC2(C)C(=O)O)c1. The fourth-order valence-electron chi connectivity index (χ4n) is 2.56. The van der Waals surface area contributed by atoms with E-state index in [2.05, 4.69) is 5.32 Å². The quantitative estimate of drug-likeness (QED) is 0.872. The van der Waals surface area contributed by atoms with Gasteiger partial charge in [0.05, 0.1) is 0 Å². The molecular formula is C15H20N2O3. The molecule has 1 aliphatic rings. The number of hydrogen-bond acceptors (Lipinski definition) is 2. The average molecular weight is 276 g/mol. The van der Waals surface area contributed by atoms with Crippen molar-refractivity contribution in [2.45, 2.75) is 39.2 Å². The second kappa shape index (κ2) is 5.15. The lowest BCUT2D eigenvalue weighted by Crippen LogP contribution is -2.52. The maximum absolute atomic E-state index is 12.3. The molecule has 0 spiro atoms. The van der Waals surface area contributed by atoms with Crippen LogP contribution in [0.15, 0.2) is 18.2 Å². The van der Waals surface area contributed by atoms with E-state index in [1.54, 1.807) is 6.92 Å². The van der Waals surface area contributed by atoms with Gasteiger partial charge in [-0.05, 0) is 50.8 Å². The van der Waals surface area contributed by atoms with E-state index in [0.29, 0.717) is 19.4 Å². The molecule has 1 aromatic carbocycles. The van der Waals surface area contributed by atoms with Gasteiger partial charge in [-0.2, -0.15) is 0 Å². The molecule has 0 aromatic heterocycles. The zero-order valence-electron chi connectivity index (χ0n) is 12.1. The number of nitrogens with one attached hydrogen (secondary N) is 1. The van der Waals surface area contributed by atoms with Crippen molar-refractivity contribution >= 4 is 17.7 Å². The molecule has 0 saturated carbocycles. The van der Waals surface area contributed by atoms with Gasteiger partial charge in [-0.25, -0.2) is 9.59 Å². The average Bonchev–Trinajstić information content (AvgIpc) is 2.77. The van der Waals surface area contributed by atoms with E-state index in [-0.39, 0.29) is 6.03 Å². The molecule has 5 heteroatoms. The largest absolute Gasteiger partial charge is 0.480 e. The van der Waals surface area contributed by atoms with Crippen molar-refractivity contribution < 1.29 is 14.7 Å². The number of carbonyl (C=O) groups excluding carboxylic acids is 1. The lowest BCUT2D eigenvalue weighted by Gasteiger charge is -2.31. The van der Waals surface area contributed by atoms with Crippen molar-refractivity contribution in [1.29, 1.82) is 0 Å². The van der Waals surface area contributed by atoms with Crippen molar-refractivity contribution in [2.24, 2.45) is 0 Å². The van der Waals surface area contributed by atoms with Crippen LogP contribution in [0.25, 0.3) is 0 Å². The lowest BCUT2D eigenvalue weighted by atomic mass is 10.00. The third-order valence-corrected chi connectivity index (χ3v) is 3.98. The van der Waals surface area contributed by atoms with Crippen molar-refractivity contribution in [1.82, 2.24) is 4.90 Å². The Kier molecular flexibility index (Phi) is 3.70. The summed E-state index contributed by atoms with van der Waals surface area (Å²) >= 11 is 0. The second-order valence-corrected chi connectivity index (χ2v) is 5.58. The van der Waals surface area contributed by atoms with Crippen LogP contribution < -0.4 is 5.32 Å². The minimum absolute atomic E-state index is 0.346. The highest BCUT2D eigenvalue weighted by atomic mass is 16.4. The van der Waals surface area contributed by atoms with Gasteiger partial charge in [0.1, 0.15) is 5.54 Å². The van der Waals surface area contributed by atoms with E-state index in [0.717, 1.165) is 16.8 Å². The zero-order chi connectivity index (χ0) is 14.9. The van der Waals surface area contributed by atoms with E-state index < -0.39 is 11.5 Å². The monoisotopic (exact) mass is 276 g/mol. The summed E-state index contributed by atoms with van der Waals surface area (Å²) in [5.74, 6) is -0.953. The fourth-order valence-corrected chi connectivity index (χ4v) is 2.56. The molecule has 1 saturated heterocycles. The molecule has 0 radical (unpaired) electrons. The Morgan fingerprint density at radius 1 is 1.35 bits per heavy atom. The highest BCUT2D eigenvalue weighted by Crippen LogP contribution is 2.30. The van der Waals surface area contributed by atoms with Gasteiger partial charge in [-0.3, -0.25) is 0 Å². The minimum atomic E-state index is -1.11. The van der Waals surface area contributed by atoms with Gasteiger partial charge >= 0.3 is 12.0 Å². The number of carbonyl (C=O) groups is 2. The van der Waals surface area contributed by atoms with Gasteiger partial charge in [0, 0.05) is 12.2 Å². The number of anilines is 1. The fraction of sp³-hybridized carbons (Fsp3) is 0.467. The molecule has 1 unspecified atom stereocenters. The molecule has 0 aliphatic carbocycles. The first-order valence-corrected chi connectivity index (χ1v) is 6.74. The smallest absolute Gasteiger partial charge is 0.329 e. The molecule has 108 valence electrons. The third-order valence-electron chi connectivity index (χ3n) is 3.98. The van der Waals surface area contributed by atoms with Crippen LogP contribution in [-0.2, 0) is 4.79 Å². The zero-order valence-corrected chi connectivity index (χ0v) is 12.1. The van der Waals surface area contributed by atoms with Crippen molar-refractivity contribution in [3.63, 3.8) is 0 Å². The van der Waals surface area contributed by atoms with Gasteiger partial charge in [0.25, 0.3) is 0 Å². The first kappa shape index (κ1) is 14.4. The Hall–Kier alpha value is -2.04. The van der Waals surface area contributed by atoms with Crippen molar-refractivity contribution in [3.8, 4) is 0 Å². The summed E-state index contributed by atoms with van der Waals surface area (Å²) in [5, 5.41) is 12.2. The van der Waals surface area contributed by atoms with Crippen LogP contribution in [-0.4, -0.2) is 34.1 Å². The standard InChI is InChI=1S/C15H20N2O3/c1-10-5-6-11(2)12(9-10)16-14(20)17-8-4-7-15(17,3)13(18)19/h5-6,9H,4,7-8H2,1-3H3,(H,16,20)(H,18,19). The van der Waals surface area contributed by atoms with E-state index in [1.165, 1.54) is 4.90 Å². The Labute approximate surface area is 118 Å². The Morgan fingerprint density at radius 2 is 2.05 bits per heavy atom. The van der Waals surface area contributed by atoms with Crippen LogP contribution in [0.4, 0.5) is 10.5 Å². The second-order valence-electron chi connectivity index (χ2n) is 5.58. The molecule has 20 heavy (non-hydrogen) atoms. The number of aliphatic carboxylic acids is 1. The topological polar surface area (TPSA) is 69.6 Å². The Balaban J connectivity index is 2.20. The highest BCUT2D eigenvalue weighted by molar-refractivity contribution is 5.94. The Morgan fingerprint density at radius 3 is 2.70 bits per heavy atom. The number of likely N-dealkylation sites (tertiary alicyclic amines) is 1. The maximum Gasteiger partial charge on any atom is 0.329 e. The van der Waals surface area contributed by atoms with Crippen molar-refractivity contribution in [3.05, 3.63) is 29.3 Å². The predicted octanol–water partition coefficient (Wildman–Crippen LogP) is 2.77. The molecule has 1 aromatic rings. The summed E-state index contributed by atoms with van der Waals surface area (Å²) in [7, 11) is 0. The molecule has 1 fully saturated rings. The lowest BCUT2D eigenvalue weighted by molar-refractivity contribution is -0.146. The van der Waals surface area contributed by atoms with Gasteiger partial charge in [0.15, 0.2) is 0 Å². The number of carboxylic acids is 1. The molecule has 2 amide bonds. The number of hydrogen-bond donors (Lipinski definition) is 2. The summed E-state index contributed by atoms with van der Waals surface area (Å²) < 4.78 is 0. The molecule has 2 rings (SSSR count). The number of amides is 2. The summed E-state index contributed by atoms with van der Waals surface area (Å²) in [4.78, 5) is 25.2. The summed E-state index contributed by atoms with van der Waals surface area (Å²) in [6.07, 6.45) is 1.20. The van der Waals surface area contributed by atoms with E-state index in [9.17, 15) is 14.7 Å². The highest BCUT2D eigenvalue weighted by Gasteiger charge is 2.46. The number of aryl methyl sites for hydroxylation is 2. The van der Waals surface area contributed by atoms with Crippen LogP contribution >= 0.6 is 0 Å². The summed E-state index contributed by atoms with van der Waals surface area (Å²) in [6, 6.07) is 5.45. The predicted molar refractivity (Wildman–Crippen MR) is 76.9 cm³/mol. The summed E-state index contributed by atoms with van der Waals surface area (Å²) in [6.45, 7) is 5.94. The molecule has 1 atom stereocenters. The first-order valence-electron chi connectivity index (χ1n) is 6.74. The normalized spacial score (nSPS) is 21.9.